The summed E-state index contributed by atoms with van der Waals surface area (Å²) in [6.07, 6.45) is 2.10. The van der Waals surface area contributed by atoms with Crippen molar-refractivity contribution in [3.8, 4) is 28.1 Å². The third-order valence-corrected chi connectivity index (χ3v) is 4.66. The maximum atomic E-state index is 9.37. The van der Waals surface area contributed by atoms with Gasteiger partial charge in [0.1, 0.15) is 11.4 Å². The van der Waals surface area contributed by atoms with Crippen LogP contribution in [0.5, 0.6) is 5.75 Å². The number of ether oxygens (including phenoxy) is 1. The van der Waals surface area contributed by atoms with E-state index in [1.807, 2.05) is 48.5 Å². The maximum Gasteiger partial charge on any atom is 0.137 e. The van der Waals surface area contributed by atoms with E-state index < -0.39 is 0 Å². The van der Waals surface area contributed by atoms with Crippen LogP contribution in [0.2, 0.25) is 0 Å². The lowest BCUT2D eigenvalue weighted by Crippen LogP contribution is -1.90. The quantitative estimate of drug-likeness (QED) is 0.594. The average Bonchev–Trinajstić information content (AvgIpc) is 3.04. The zero-order valence-electron chi connectivity index (χ0n) is 14.8. The van der Waals surface area contributed by atoms with Crippen molar-refractivity contribution in [2.45, 2.75) is 13.5 Å². The number of nitrogens with zero attached hydrogens (tertiary/aromatic N) is 2. The van der Waals surface area contributed by atoms with Crippen LogP contribution in [0.15, 0.2) is 66.9 Å². The van der Waals surface area contributed by atoms with Crippen molar-refractivity contribution in [3.63, 3.8) is 0 Å². The third kappa shape index (κ3) is 2.85. The summed E-state index contributed by atoms with van der Waals surface area (Å²) in [5.74, 6) is 0.834. The number of aliphatic hydroxyl groups excluding tert-OH is 1. The topological polar surface area (TPSA) is 46.8 Å². The first-order valence-corrected chi connectivity index (χ1v) is 8.53. The molecule has 4 nitrogen and oxygen atoms in total. The first kappa shape index (κ1) is 16.4. The van der Waals surface area contributed by atoms with Crippen LogP contribution in [-0.2, 0) is 6.61 Å². The zero-order chi connectivity index (χ0) is 18.1. The molecule has 0 radical (unpaired) electrons. The summed E-state index contributed by atoms with van der Waals surface area (Å²) in [6, 6.07) is 20.0. The highest BCUT2D eigenvalue weighted by Gasteiger charge is 2.11. The summed E-state index contributed by atoms with van der Waals surface area (Å²) < 4.78 is 7.35. The number of hydrogen-bond acceptors (Lipinski definition) is 3. The van der Waals surface area contributed by atoms with Crippen LogP contribution in [0.25, 0.3) is 28.0 Å². The van der Waals surface area contributed by atoms with Gasteiger partial charge in [0.25, 0.3) is 0 Å². The summed E-state index contributed by atoms with van der Waals surface area (Å²) in [4.78, 5) is 4.79. The van der Waals surface area contributed by atoms with Crippen LogP contribution in [0.4, 0.5) is 0 Å². The van der Waals surface area contributed by atoms with Gasteiger partial charge >= 0.3 is 0 Å². The van der Waals surface area contributed by atoms with E-state index in [0.717, 1.165) is 45.0 Å². The van der Waals surface area contributed by atoms with Crippen molar-refractivity contribution in [2.75, 3.05) is 7.11 Å². The minimum Gasteiger partial charge on any atom is -0.497 e. The van der Waals surface area contributed by atoms with Crippen LogP contribution >= 0.6 is 0 Å². The van der Waals surface area contributed by atoms with Crippen LogP contribution in [0.3, 0.4) is 0 Å². The van der Waals surface area contributed by atoms with Gasteiger partial charge in [0.15, 0.2) is 0 Å². The Bertz CT molecular complexity index is 1070. The van der Waals surface area contributed by atoms with Gasteiger partial charge in [0, 0.05) is 17.5 Å². The summed E-state index contributed by atoms with van der Waals surface area (Å²) >= 11 is 0. The van der Waals surface area contributed by atoms with Crippen LogP contribution in [0.1, 0.15) is 11.3 Å². The highest BCUT2D eigenvalue weighted by atomic mass is 16.5. The maximum absolute atomic E-state index is 9.37. The predicted octanol–water partition coefficient (Wildman–Crippen LogP) is 4.48. The molecule has 2 aromatic heterocycles. The van der Waals surface area contributed by atoms with Gasteiger partial charge in [-0.15, -0.1) is 0 Å². The fourth-order valence-electron chi connectivity index (χ4n) is 3.20. The van der Waals surface area contributed by atoms with E-state index in [9.17, 15) is 5.11 Å². The molecule has 0 bridgehead atoms. The minimum atomic E-state index is 0.0435. The van der Waals surface area contributed by atoms with E-state index >= 15 is 0 Å². The molecule has 1 N–H and O–H groups in total. The Morgan fingerprint density at radius 2 is 1.73 bits per heavy atom. The van der Waals surface area contributed by atoms with Crippen molar-refractivity contribution in [1.29, 1.82) is 0 Å². The number of methoxy groups -OCH3 is 1. The highest BCUT2D eigenvalue weighted by molar-refractivity contribution is 5.70. The summed E-state index contributed by atoms with van der Waals surface area (Å²) in [5.41, 5.74) is 7.11. The number of hydrogen-bond donors (Lipinski definition) is 1. The molecule has 0 aliphatic carbocycles. The van der Waals surface area contributed by atoms with E-state index in [0.29, 0.717) is 0 Å². The number of imidazole rings is 1. The van der Waals surface area contributed by atoms with Gasteiger partial charge < -0.3 is 14.2 Å². The fourth-order valence-corrected chi connectivity index (χ4v) is 3.20. The van der Waals surface area contributed by atoms with Crippen molar-refractivity contribution >= 4 is 5.65 Å². The summed E-state index contributed by atoms with van der Waals surface area (Å²) in [5, 5.41) is 9.37. The smallest absolute Gasteiger partial charge is 0.137 e. The average molecular weight is 344 g/mol. The van der Waals surface area contributed by atoms with Gasteiger partial charge in [0.05, 0.1) is 19.4 Å². The molecule has 26 heavy (non-hydrogen) atoms. The Kier molecular flexibility index (Phi) is 4.19. The van der Waals surface area contributed by atoms with E-state index in [4.69, 9.17) is 9.72 Å². The Balaban J connectivity index is 1.80. The molecular weight excluding hydrogens is 324 g/mol. The van der Waals surface area contributed by atoms with Crippen molar-refractivity contribution in [3.05, 3.63) is 78.1 Å². The third-order valence-electron chi connectivity index (χ3n) is 4.66. The molecule has 130 valence electrons. The van der Waals surface area contributed by atoms with Crippen LogP contribution < -0.4 is 4.74 Å². The molecule has 0 atom stereocenters. The van der Waals surface area contributed by atoms with Crippen LogP contribution in [-0.4, -0.2) is 21.6 Å². The number of aryl methyl sites for hydroxylation is 1. The van der Waals surface area contributed by atoms with Gasteiger partial charge in [-0.1, -0.05) is 18.2 Å². The first-order valence-electron chi connectivity index (χ1n) is 8.53. The lowest BCUT2D eigenvalue weighted by atomic mass is 10.1. The molecule has 0 aliphatic rings. The van der Waals surface area contributed by atoms with Crippen LogP contribution in [0, 0.1) is 6.92 Å². The number of rotatable bonds is 4. The predicted molar refractivity (Wildman–Crippen MR) is 103 cm³/mol. The standard InChI is InChI=1S/C22H20N2O2/c1-15-22(17-6-9-20(26-2)10-7-17)23-21-11-8-19(13-24(15)21)18-5-3-4-16(12-18)14-25/h3-13,25H,14H2,1-2H3. The second-order valence-corrected chi connectivity index (χ2v) is 6.28. The zero-order valence-corrected chi connectivity index (χ0v) is 14.8. The first-order chi connectivity index (χ1) is 12.7. The number of aliphatic hydroxyl groups is 1. The second-order valence-electron chi connectivity index (χ2n) is 6.28. The minimum absolute atomic E-state index is 0.0435. The molecule has 0 aliphatic heterocycles. The fraction of sp³-hybridized carbons (Fsp3) is 0.136. The Morgan fingerprint density at radius 1 is 0.962 bits per heavy atom. The van der Waals surface area contributed by atoms with Crippen molar-refractivity contribution < 1.29 is 9.84 Å². The molecule has 0 amide bonds. The molecule has 2 aromatic carbocycles. The van der Waals surface area contributed by atoms with Gasteiger partial charge in [-0.2, -0.15) is 0 Å². The molecule has 0 fully saturated rings. The molecule has 4 aromatic rings. The number of fused-ring (bicyclic) bond motifs is 1. The molecule has 2 heterocycles. The van der Waals surface area contributed by atoms with E-state index in [2.05, 4.69) is 29.7 Å². The highest BCUT2D eigenvalue weighted by Crippen LogP contribution is 2.28. The molecule has 4 rings (SSSR count). The van der Waals surface area contributed by atoms with Gasteiger partial charge in [0.2, 0.25) is 0 Å². The lowest BCUT2D eigenvalue weighted by Gasteiger charge is -2.06. The van der Waals surface area contributed by atoms with E-state index in [1.54, 1.807) is 7.11 Å². The number of pyridine rings is 1. The summed E-state index contributed by atoms with van der Waals surface area (Å²) in [7, 11) is 1.67. The van der Waals surface area contributed by atoms with Gasteiger partial charge in [-0.3, -0.25) is 0 Å². The van der Waals surface area contributed by atoms with E-state index in [1.165, 1.54) is 0 Å². The van der Waals surface area contributed by atoms with Gasteiger partial charge in [-0.25, -0.2) is 4.98 Å². The molecule has 0 saturated carbocycles. The lowest BCUT2D eigenvalue weighted by molar-refractivity contribution is 0.282. The number of benzene rings is 2. The van der Waals surface area contributed by atoms with E-state index in [-0.39, 0.29) is 6.61 Å². The monoisotopic (exact) mass is 344 g/mol. The SMILES string of the molecule is COc1ccc(-c2nc3ccc(-c4cccc(CO)c4)cn3c2C)cc1. The Hall–Kier alpha value is -3.11. The number of aromatic nitrogens is 2. The largest absolute Gasteiger partial charge is 0.497 e. The Morgan fingerprint density at radius 3 is 2.46 bits per heavy atom. The van der Waals surface area contributed by atoms with Crippen molar-refractivity contribution in [1.82, 2.24) is 9.38 Å². The molecule has 4 heteroatoms. The molecule has 0 saturated heterocycles. The molecular formula is C22H20N2O2. The normalized spacial score (nSPS) is 11.0. The molecule has 0 unspecified atom stereocenters. The molecule has 0 spiro atoms. The second kappa shape index (κ2) is 6.65. The van der Waals surface area contributed by atoms with Crippen molar-refractivity contribution in [2.24, 2.45) is 0 Å². The van der Waals surface area contributed by atoms with Gasteiger partial charge in [-0.05, 0) is 66.1 Å². The summed E-state index contributed by atoms with van der Waals surface area (Å²) in [6.45, 7) is 2.12. The Labute approximate surface area is 152 Å².